The highest BCUT2D eigenvalue weighted by Crippen LogP contribution is 2.19. The molecule has 2 unspecified atom stereocenters. The van der Waals surface area contributed by atoms with Crippen molar-refractivity contribution in [3.05, 3.63) is 12.4 Å². The van der Waals surface area contributed by atoms with Crippen LogP contribution in [0.1, 0.15) is 12.8 Å². The molecule has 2 aliphatic rings. The van der Waals surface area contributed by atoms with Crippen molar-refractivity contribution in [2.24, 2.45) is 0 Å². The quantitative estimate of drug-likeness (QED) is 0.761. The Bertz CT molecular complexity index is 702. The normalized spacial score (nSPS) is 29.3. The van der Waals surface area contributed by atoms with E-state index in [-0.39, 0.29) is 35.1 Å². The predicted molar refractivity (Wildman–Crippen MR) is 83.4 cm³/mol. The Morgan fingerprint density at radius 1 is 0.864 bits per heavy atom. The fourth-order valence-corrected chi connectivity index (χ4v) is 6.10. The Hall–Kier alpha value is -1.42. The van der Waals surface area contributed by atoms with Gasteiger partial charge in [-0.2, -0.15) is 0 Å². The molecule has 2 atom stereocenters. The standard InChI is InChI=1S/C12H18N4O4S2/c17-21(18)3-1-9(6-21)15-11-5-12(14-8-13-11)16-10-2-4-22(19,20)7-10/h5,8-10H,1-4,6-7H2,(H2,13,14,15,16). The molecule has 1 aromatic heterocycles. The first-order chi connectivity index (χ1) is 10.3. The molecule has 2 aliphatic heterocycles. The molecule has 0 radical (unpaired) electrons. The average Bonchev–Trinajstić information content (AvgIpc) is 2.92. The fraction of sp³-hybridized carbons (Fsp3) is 0.667. The third kappa shape index (κ3) is 3.86. The van der Waals surface area contributed by atoms with Gasteiger partial charge < -0.3 is 10.6 Å². The van der Waals surface area contributed by atoms with Crippen LogP contribution in [0.25, 0.3) is 0 Å². The monoisotopic (exact) mass is 346 g/mol. The molecule has 3 heterocycles. The molecule has 8 nitrogen and oxygen atoms in total. The number of anilines is 2. The highest BCUT2D eigenvalue weighted by atomic mass is 32.2. The van der Waals surface area contributed by atoms with E-state index in [2.05, 4.69) is 20.6 Å². The topological polar surface area (TPSA) is 118 Å². The summed E-state index contributed by atoms with van der Waals surface area (Å²) in [5.74, 6) is 1.70. The van der Waals surface area contributed by atoms with E-state index < -0.39 is 19.7 Å². The van der Waals surface area contributed by atoms with Gasteiger partial charge in [-0.15, -0.1) is 0 Å². The zero-order valence-corrected chi connectivity index (χ0v) is 13.5. The summed E-state index contributed by atoms with van der Waals surface area (Å²) in [4.78, 5) is 8.16. The Morgan fingerprint density at radius 2 is 1.32 bits per heavy atom. The lowest BCUT2D eigenvalue weighted by molar-refractivity contribution is 0.600. The van der Waals surface area contributed by atoms with Crippen LogP contribution in [0.5, 0.6) is 0 Å². The van der Waals surface area contributed by atoms with E-state index in [4.69, 9.17) is 0 Å². The minimum Gasteiger partial charge on any atom is -0.366 e. The SMILES string of the molecule is O=S1(=O)CCC(Nc2cc(NC3CCS(=O)(=O)C3)ncn2)C1. The van der Waals surface area contributed by atoms with Gasteiger partial charge in [0.15, 0.2) is 19.7 Å². The first-order valence-electron chi connectivity index (χ1n) is 7.07. The van der Waals surface area contributed by atoms with Crippen LogP contribution in [0.4, 0.5) is 11.6 Å². The molecule has 2 N–H and O–H groups in total. The lowest BCUT2D eigenvalue weighted by Crippen LogP contribution is -2.23. The summed E-state index contributed by atoms with van der Waals surface area (Å²) in [6.07, 6.45) is 2.50. The van der Waals surface area contributed by atoms with Crippen LogP contribution >= 0.6 is 0 Å². The van der Waals surface area contributed by atoms with Crippen molar-refractivity contribution in [1.82, 2.24) is 9.97 Å². The van der Waals surface area contributed by atoms with Crippen molar-refractivity contribution in [3.63, 3.8) is 0 Å². The molecule has 122 valence electrons. The average molecular weight is 346 g/mol. The fourth-order valence-electron chi connectivity index (χ4n) is 2.75. The summed E-state index contributed by atoms with van der Waals surface area (Å²) < 4.78 is 45.8. The third-order valence-corrected chi connectivity index (χ3v) is 7.37. The van der Waals surface area contributed by atoms with Crippen molar-refractivity contribution >= 4 is 31.3 Å². The number of nitrogens with zero attached hydrogens (tertiary/aromatic N) is 2. The van der Waals surface area contributed by atoms with E-state index in [1.165, 1.54) is 6.33 Å². The van der Waals surface area contributed by atoms with Crippen LogP contribution in [-0.2, 0) is 19.7 Å². The summed E-state index contributed by atoms with van der Waals surface area (Å²) in [6, 6.07) is 1.40. The van der Waals surface area contributed by atoms with Gasteiger partial charge in [0.1, 0.15) is 18.0 Å². The molecule has 3 rings (SSSR count). The molecule has 10 heteroatoms. The maximum absolute atomic E-state index is 11.4. The van der Waals surface area contributed by atoms with Crippen molar-refractivity contribution in [2.75, 3.05) is 33.6 Å². The van der Waals surface area contributed by atoms with Gasteiger partial charge in [0, 0.05) is 18.2 Å². The van der Waals surface area contributed by atoms with Crippen LogP contribution < -0.4 is 10.6 Å². The Kier molecular flexibility index (Phi) is 3.98. The number of sulfone groups is 2. The van der Waals surface area contributed by atoms with E-state index in [1.807, 2.05) is 0 Å². The Morgan fingerprint density at radius 3 is 1.68 bits per heavy atom. The van der Waals surface area contributed by atoms with Crippen molar-refractivity contribution in [3.8, 4) is 0 Å². The number of aromatic nitrogens is 2. The van der Waals surface area contributed by atoms with Crippen LogP contribution in [0.2, 0.25) is 0 Å². The molecule has 0 bridgehead atoms. The molecule has 0 amide bonds. The maximum atomic E-state index is 11.4. The summed E-state index contributed by atoms with van der Waals surface area (Å²) in [5.41, 5.74) is 0. The molecule has 0 aromatic carbocycles. The van der Waals surface area contributed by atoms with Crippen molar-refractivity contribution in [1.29, 1.82) is 0 Å². The molecular weight excluding hydrogens is 328 g/mol. The second kappa shape index (κ2) is 5.65. The van der Waals surface area contributed by atoms with E-state index in [0.717, 1.165) is 0 Å². The van der Waals surface area contributed by atoms with Gasteiger partial charge in [-0.1, -0.05) is 0 Å². The van der Waals surface area contributed by atoms with E-state index in [9.17, 15) is 16.8 Å². The van der Waals surface area contributed by atoms with Crippen LogP contribution in [0.15, 0.2) is 12.4 Å². The molecule has 2 saturated heterocycles. The van der Waals surface area contributed by atoms with E-state index >= 15 is 0 Å². The molecule has 1 aromatic rings. The summed E-state index contributed by atoms with van der Waals surface area (Å²) >= 11 is 0. The van der Waals surface area contributed by atoms with E-state index in [1.54, 1.807) is 6.07 Å². The highest BCUT2D eigenvalue weighted by Gasteiger charge is 2.29. The van der Waals surface area contributed by atoms with Gasteiger partial charge in [0.05, 0.1) is 23.0 Å². The van der Waals surface area contributed by atoms with Gasteiger partial charge >= 0.3 is 0 Å². The smallest absolute Gasteiger partial charge is 0.152 e. The second-order valence-electron chi connectivity index (χ2n) is 5.78. The number of nitrogens with one attached hydrogen (secondary N) is 2. The first-order valence-corrected chi connectivity index (χ1v) is 10.7. The lowest BCUT2D eigenvalue weighted by Gasteiger charge is -2.14. The van der Waals surface area contributed by atoms with E-state index in [0.29, 0.717) is 24.5 Å². The first kappa shape index (κ1) is 15.5. The number of rotatable bonds is 4. The van der Waals surface area contributed by atoms with Gasteiger partial charge in [0.2, 0.25) is 0 Å². The van der Waals surface area contributed by atoms with Gasteiger partial charge in [-0.05, 0) is 12.8 Å². The zero-order valence-electron chi connectivity index (χ0n) is 11.9. The third-order valence-electron chi connectivity index (χ3n) is 3.84. The van der Waals surface area contributed by atoms with Gasteiger partial charge in [-0.25, -0.2) is 26.8 Å². The summed E-state index contributed by atoms with van der Waals surface area (Å²) in [5, 5.41) is 6.18. The summed E-state index contributed by atoms with van der Waals surface area (Å²) in [6.45, 7) is 0. The lowest BCUT2D eigenvalue weighted by atomic mass is 10.2. The van der Waals surface area contributed by atoms with Crippen molar-refractivity contribution < 1.29 is 16.8 Å². The van der Waals surface area contributed by atoms with Gasteiger partial charge in [0.25, 0.3) is 0 Å². The highest BCUT2D eigenvalue weighted by molar-refractivity contribution is 7.91. The van der Waals surface area contributed by atoms with Gasteiger partial charge in [-0.3, -0.25) is 0 Å². The maximum Gasteiger partial charge on any atom is 0.152 e. The molecule has 0 spiro atoms. The van der Waals surface area contributed by atoms with Crippen LogP contribution in [0.3, 0.4) is 0 Å². The minimum absolute atomic E-state index is 0.112. The van der Waals surface area contributed by atoms with Crippen LogP contribution in [-0.4, -0.2) is 61.9 Å². The molecule has 2 fully saturated rings. The molecule has 0 aliphatic carbocycles. The van der Waals surface area contributed by atoms with Crippen LogP contribution in [0, 0.1) is 0 Å². The molecule has 0 saturated carbocycles. The summed E-state index contributed by atoms with van der Waals surface area (Å²) in [7, 11) is -5.89. The second-order valence-corrected chi connectivity index (χ2v) is 10.2. The largest absolute Gasteiger partial charge is 0.366 e. The Balaban J connectivity index is 1.63. The zero-order chi connectivity index (χ0) is 15.8. The molecule has 22 heavy (non-hydrogen) atoms. The number of hydrogen-bond acceptors (Lipinski definition) is 8. The number of hydrogen-bond donors (Lipinski definition) is 2. The molecular formula is C12H18N4O4S2. The van der Waals surface area contributed by atoms with Crippen molar-refractivity contribution in [2.45, 2.75) is 24.9 Å². The minimum atomic E-state index is -2.95. The Labute approximate surface area is 129 Å². The predicted octanol–water partition coefficient (Wildman–Crippen LogP) is -0.325.